The van der Waals surface area contributed by atoms with E-state index in [-0.39, 0.29) is 11.5 Å². The molecule has 4 rings (SSSR count). The Kier molecular flexibility index (Phi) is 4.16. The van der Waals surface area contributed by atoms with Crippen molar-refractivity contribution in [2.75, 3.05) is 11.9 Å². The van der Waals surface area contributed by atoms with Gasteiger partial charge in [-0.2, -0.15) is 10.1 Å². The van der Waals surface area contributed by atoms with Gasteiger partial charge in [-0.25, -0.2) is 0 Å². The van der Waals surface area contributed by atoms with Crippen molar-refractivity contribution in [3.63, 3.8) is 0 Å². The van der Waals surface area contributed by atoms with Crippen LogP contribution in [0.5, 0.6) is 0 Å². The quantitative estimate of drug-likeness (QED) is 0.723. The number of hydrogen-bond donors (Lipinski definition) is 2. The Bertz CT molecular complexity index is 1020. The van der Waals surface area contributed by atoms with Crippen LogP contribution in [-0.4, -0.2) is 37.1 Å². The number of fused-ring (bicyclic) bond motifs is 1. The number of rotatable bonds is 5. The molecule has 1 aliphatic heterocycles. The smallest absolute Gasteiger partial charge is 0.263 e. The van der Waals surface area contributed by atoms with Crippen molar-refractivity contribution in [3.05, 3.63) is 51.9 Å². The summed E-state index contributed by atoms with van der Waals surface area (Å²) in [6, 6.07) is 8.08. The highest BCUT2D eigenvalue weighted by Gasteiger charge is 2.19. The maximum absolute atomic E-state index is 12.1. The van der Waals surface area contributed by atoms with Gasteiger partial charge in [-0.3, -0.25) is 19.3 Å². The zero-order valence-electron chi connectivity index (χ0n) is 14.5. The molecule has 134 valence electrons. The van der Waals surface area contributed by atoms with Crippen molar-refractivity contribution in [1.82, 2.24) is 24.6 Å². The fourth-order valence-corrected chi connectivity index (χ4v) is 3.23. The zero-order valence-corrected chi connectivity index (χ0v) is 14.5. The second-order valence-corrected chi connectivity index (χ2v) is 6.51. The highest BCUT2D eigenvalue weighted by molar-refractivity contribution is 5.78. The van der Waals surface area contributed by atoms with Crippen molar-refractivity contribution in [3.8, 4) is 0 Å². The van der Waals surface area contributed by atoms with E-state index >= 15 is 0 Å². The monoisotopic (exact) mass is 352 g/mol. The van der Waals surface area contributed by atoms with E-state index in [1.54, 1.807) is 11.7 Å². The van der Waals surface area contributed by atoms with E-state index in [4.69, 9.17) is 0 Å². The van der Waals surface area contributed by atoms with E-state index < -0.39 is 0 Å². The molecule has 1 amide bonds. The first kappa shape index (κ1) is 16.3. The summed E-state index contributed by atoms with van der Waals surface area (Å²) in [5, 5.41) is 7.68. The second kappa shape index (κ2) is 6.62. The van der Waals surface area contributed by atoms with Crippen LogP contribution in [0.1, 0.15) is 24.0 Å². The first-order chi connectivity index (χ1) is 12.6. The Morgan fingerprint density at radius 2 is 2.12 bits per heavy atom. The van der Waals surface area contributed by atoms with E-state index in [1.807, 2.05) is 23.1 Å². The zero-order chi connectivity index (χ0) is 18.1. The molecule has 26 heavy (non-hydrogen) atoms. The highest BCUT2D eigenvalue weighted by Crippen LogP contribution is 2.16. The molecular weight excluding hydrogens is 332 g/mol. The Balaban J connectivity index is 1.48. The number of nitrogens with one attached hydrogen (secondary N) is 2. The topological polar surface area (TPSA) is 95.9 Å². The molecule has 1 aromatic carbocycles. The van der Waals surface area contributed by atoms with Gasteiger partial charge in [-0.15, -0.1) is 0 Å². The van der Waals surface area contributed by atoms with Crippen LogP contribution in [0.15, 0.2) is 35.3 Å². The van der Waals surface area contributed by atoms with Crippen molar-refractivity contribution in [2.45, 2.75) is 25.9 Å². The lowest BCUT2D eigenvalue weighted by atomic mass is 10.1. The van der Waals surface area contributed by atoms with Crippen LogP contribution in [0.2, 0.25) is 0 Å². The number of hydrogen-bond acceptors (Lipinski definition) is 5. The lowest BCUT2D eigenvalue weighted by molar-refractivity contribution is -0.128. The van der Waals surface area contributed by atoms with Gasteiger partial charge in [0.15, 0.2) is 5.65 Å². The molecule has 0 saturated carbocycles. The minimum atomic E-state index is -0.216. The fraction of sp³-hybridized carbons (Fsp3) is 0.333. The minimum Gasteiger partial charge on any atom is -0.352 e. The maximum Gasteiger partial charge on any atom is 0.263 e. The van der Waals surface area contributed by atoms with Crippen LogP contribution in [-0.2, 0) is 24.9 Å². The van der Waals surface area contributed by atoms with E-state index in [0.717, 1.165) is 24.1 Å². The number of likely N-dealkylation sites (tertiary alicyclic amines) is 1. The summed E-state index contributed by atoms with van der Waals surface area (Å²) >= 11 is 0. The molecule has 0 spiro atoms. The summed E-state index contributed by atoms with van der Waals surface area (Å²) in [4.78, 5) is 32.9. The normalized spacial score (nSPS) is 14.3. The summed E-state index contributed by atoms with van der Waals surface area (Å²) in [6.45, 7) is 1.99. The molecule has 0 aliphatic carbocycles. The molecule has 8 heteroatoms. The predicted octanol–water partition coefficient (Wildman–Crippen LogP) is 1.39. The number of carbonyl (C=O) groups is 1. The van der Waals surface area contributed by atoms with Crippen LogP contribution < -0.4 is 10.9 Å². The summed E-state index contributed by atoms with van der Waals surface area (Å²) in [6.07, 6.45) is 3.10. The first-order valence-corrected chi connectivity index (χ1v) is 8.61. The molecule has 3 heterocycles. The number of amides is 1. The molecule has 0 atom stereocenters. The molecular formula is C18H20N6O2. The SMILES string of the molecule is Cn1ncc2c(=O)[nH]c(NCc3cccc(CN4CCCC4=O)c3)nc21. The number of carbonyl (C=O) groups excluding carboxylic acids is 1. The molecule has 0 unspecified atom stereocenters. The van der Waals surface area contributed by atoms with Crippen molar-refractivity contribution in [1.29, 1.82) is 0 Å². The Morgan fingerprint density at radius 3 is 2.92 bits per heavy atom. The Labute approximate surface area is 149 Å². The van der Waals surface area contributed by atoms with Gasteiger partial charge in [0.2, 0.25) is 11.9 Å². The van der Waals surface area contributed by atoms with E-state index in [0.29, 0.717) is 36.5 Å². The van der Waals surface area contributed by atoms with Crippen LogP contribution >= 0.6 is 0 Å². The molecule has 0 bridgehead atoms. The molecule has 1 fully saturated rings. The first-order valence-electron chi connectivity index (χ1n) is 8.61. The third kappa shape index (κ3) is 3.17. The summed E-state index contributed by atoms with van der Waals surface area (Å²) in [7, 11) is 1.75. The van der Waals surface area contributed by atoms with Gasteiger partial charge < -0.3 is 10.2 Å². The number of benzene rings is 1. The van der Waals surface area contributed by atoms with Crippen LogP contribution in [0.4, 0.5) is 5.95 Å². The minimum absolute atomic E-state index is 0.216. The molecule has 2 aromatic heterocycles. The highest BCUT2D eigenvalue weighted by atomic mass is 16.2. The molecule has 1 aliphatic rings. The number of aromatic nitrogens is 4. The molecule has 8 nitrogen and oxygen atoms in total. The van der Waals surface area contributed by atoms with Gasteiger partial charge in [0.1, 0.15) is 5.39 Å². The van der Waals surface area contributed by atoms with Gasteiger partial charge in [0.25, 0.3) is 5.56 Å². The number of anilines is 1. The van der Waals surface area contributed by atoms with Crippen LogP contribution in [0.3, 0.4) is 0 Å². The van der Waals surface area contributed by atoms with E-state index in [9.17, 15) is 9.59 Å². The standard InChI is InChI=1S/C18H20N6O2/c1-23-16-14(10-20-23)17(26)22-18(21-16)19-9-12-4-2-5-13(8-12)11-24-7-3-6-15(24)25/h2,4-5,8,10H,3,6-7,9,11H2,1H3,(H2,19,21,22,26). The molecule has 3 aromatic rings. The van der Waals surface area contributed by atoms with Crippen molar-refractivity contribution in [2.24, 2.45) is 7.05 Å². The van der Waals surface area contributed by atoms with Crippen LogP contribution in [0, 0.1) is 0 Å². The lowest BCUT2D eigenvalue weighted by Gasteiger charge is -2.16. The third-order valence-corrected chi connectivity index (χ3v) is 4.60. The van der Waals surface area contributed by atoms with Crippen molar-refractivity contribution >= 4 is 22.9 Å². The lowest BCUT2D eigenvalue weighted by Crippen LogP contribution is -2.23. The van der Waals surface area contributed by atoms with Gasteiger partial charge in [-0.05, 0) is 17.5 Å². The largest absolute Gasteiger partial charge is 0.352 e. The number of aromatic amines is 1. The third-order valence-electron chi connectivity index (χ3n) is 4.60. The summed E-state index contributed by atoms with van der Waals surface area (Å²) < 4.78 is 1.57. The second-order valence-electron chi connectivity index (χ2n) is 6.51. The van der Waals surface area contributed by atoms with E-state index in [1.165, 1.54) is 6.20 Å². The van der Waals surface area contributed by atoms with E-state index in [2.05, 4.69) is 26.4 Å². The number of nitrogens with zero attached hydrogens (tertiary/aromatic N) is 4. The summed E-state index contributed by atoms with van der Waals surface area (Å²) in [5.41, 5.74) is 2.48. The predicted molar refractivity (Wildman–Crippen MR) is 97.5 cm³/mol. The van der Waals surface area contributed by atoms with Gasteiger partial charge in [0.05, 0.1) is 6.20 Å². The molecule has 1 saturated heterocycles. The number of H-pyrrole nitrogens is 1. The van der Waals surface area contributed by atoms with Crippen LogP contribution in [0.25, 0.3) is 11.0 Å². The molecule has 2 N–H and O–H groups in total. The summed E-state index contributed by atoms with van der Waals surface area (Å²) in [5.74, 6) is 0.631. The number of aryl methyl sites for hydroxylation is 1. The average Bonchev–Trinajstić information content (AvgIpc) is 3.20. The van der Waals surface area contributed by atoms with Gasteiger partial charge >= 0.3 is 0 Å². The fourth-order valence-electron chi connectivity index (χ4n) is 3.23. The Hall–Kier alpha value is -3.16. The van der Waals surface area contributed by atoms with Gasteiger partial charge in [-0.1, -0.05) is 24.3 Å². The van der Waals surface area contributed by atoms with Crippen molar-refractivity contribution < 1.29 is 4.79 Å². The Morgan fingerprint density at radius 1 is 1.27 bits per heavy atom. The average molecular weight is 352 g/mol. The van der Waals surface area contributed by atoms with Gasteiger partial charge in [0, 0.05) is 33.1 Å². The maximum atomic E-state index is 12.1. The molecule has 0 radical (unpaired) electrons.